The van der Waals surface area contributed by atoms with E-state index in [1.807, 2.05) is 17.5 Å². The second-order valence-electron chi connectivity index (χ2n) is 5.13. The number of aromatic nitrogens is 1. The quantitative estimate of drug-likeness (QED) is 0.596. The summed E-state index contributed by atoms with van der Waals surface area (Å²) in [5, 5.41) is 6.23. The summed E-state index contributed by atoms with van der Waals surface area (Å²) in [7, 11) is 0. The third-order valence-corrected chi connectivity index (χ3v) is 5.56. The summed E-state index contributed by atoms with van der Waals surface area (Å²) < 4.78 is 6.37. The van der Waals surface area contributed by atoms with Crippen LogP contribution in [0.5, 0.6) is 5.75 Å². The normalized spacial score (nSPS) is 10.6. The summed E-state index contributed by atoms with van der Waals surface area (Å²) >= 11 is 14.6. The van der Waals surface area contributed by atoms with Crippen molar-refractivity contribution in [1.29, 1.82) is 0 Å². The number of halogens is 2. The summed E-state index contributed by atoms with van der Waals surface area (Å²) in [4.78, 5) is 17.4. The Bertz CT molecular complexity index is 846. The van der Waals surface area contributed by atoms with Gasteiger partial charge in [0.15, 0.2) is 0 Å². The molecule has 130 valence electrons. The molecule has 25 heavy (non-hydrogen) atoms. The SMILES string of the molecule is O=C(Cc1csc(COc2ccc(Cl)cc2)n1)NCc1ccc(Cl)s1. The van der Waals surface area contributed by atoms with E-state index in [1.165, 1.54) is 22.7 Å². The molecule has 0 fully saturated rings. The van der Waals surface area contributed by atoms with Gasteiger partial charge in [-0.2, -0.15) is 0 Å². The Morgan fingerprint density at radius 1 is 1.16 bits per heavy atom. The second kappa shape index (κ2) is 8.67. The van der Waals surface area contributed by atoms with Gasteiger partial charge in [-0.1, -0.05) is 23.2 Å². The lowest BCUT2D eigenvalue weighted by molar-refractivity contribution is -0.120. The van der Waals surface area contributed by atoms with Crippen molar-refractivity contribution >= 4 is 51.8 Å². The van der Waals surface area contributed by atoms with Gasteiger partial charge in [0.2, 0.25) is 5.91 Å². The summed E-state index contributed by atoms with van der Waals surface area (Å²) in [5.41, 5.74) is 0.737. The van der Waals surface area contributed by atoms with E-state index in [-0.39, 0.29) is 12.3 Å². The van der Waals surface area contributed by atoms with Crippen molar-refractivity contribution in [3.63, 3.8) is 0 Å². The van der Waals surface area contributed by atoms with E-state index in [2.05, 4.69) is 10.3 Å². The van der Waals surface area contributed by atoms with Crippen LogP contribution in [0, 0.1) is 0 Å². The maximum absolute atomic E-state index is 12.0. The van der Waals surface area contributed by atoms with Gasteiger partial charge in [-0.05, 0) is 36.4 Å². The van der Waals surface area contributed by atoms with Crippen molar-refractivity contribution < 1.29 is 9.53 Å². The molecular formula is C17H14Cl2N2O2S2. The van der Waals surface area contributed by atoms with E-state index >= 15 is 0 Å². The Labute approximate surface area is 163 Å². The fourth-order valence-corrected chi connectivity index (χ4v) is 3.89. The highest BCUT2D eigenvalue weighted by Crippen LogP contribution is 2.21. The minimum absolute atomic E-state index is 0.0695. The minimum atomic E-state index is -0.0695. The van der Waals surface area contributed by atoms with Crippen LogP contribution in [0.2, 0.25) is 9.36 Å². The topological polar surface area (TPSA) is 51.2 Å². The first kappa shape index (κ1) is 18.2. The van der Waals surface area contributed by atoms with Crippen molar-refractivity contribution in [3.05, 3.63) is 66.7 Å². The number of carbonyl (C=O) groups excluding carboxylic acids is 1. The molecule has 0 aliphatic heterocycles. The lowest BCUT2D eigenvalue weighted by atomic mass is 10.3. The van der Waals surface area contributed by atoms with Gasteiger partial charge < -0.3 is 10.1 Å². The predicted molar refractivity (Wildman–Crippen MR) is 103 cm³/mol. The van der Waals surface area contributed by atoms with E-state index in [9.17, 15) is 4.79 Å². The third kappa shape index (κ3) is 5.71. The zero-order valence-corrected chi connectivity index (χ0v) is 16.1. The molecule has 0 aliphatic carbocycles. The second-order valence-corrected chi connectivity index (χ2v) is 8.31. The zero-order valence-electron chi connectivity index (χ0n) is 13.0. The van der Waals surface area contributed by atoms with E-state index < -0.39 is 0 Å². The smallest absolute Gasteiger partial charge is 0.226 e. The van der Waals surface area contributed by atoms with Crippen LogP contribution in [0.25, 0.3) is 0 Å². The lowest BCUT2D eigenvalue weighted by Crippen LogP contribution is -2.24. The number of amides is 1. The highest BCUT2D eigenvalue weighted by atomic mass is 35.5. The fraction of sp³-hybridized carbons (Fsp3) is 0.176. The van der Waals surface area contributed by atoms with Gasteiger partial charge in [0, 0.05) is 15.3 Å². The molecule has 0 aliphatic rings. The average molecular weight is 413 g/mol. The number of thiazole rings is 1. The van der Waals surface area contributed by atoms with E-state index in [4.69, 9.17) is 27.9 Å². The first-order valence-corrected chi connectivity index (χ1v) is 9.86. The van der Waals surface area contributed by atoms with Gasteiger partial charge in [-0.15, -0.1) is 22.7 Å². The fourth-order valence-electron chi connectivity index (χ4n) is 2.03. The zero-order chi connectivity index (χ0) is 17.6. The lowest BCUT2D eigenvalue weighted by Gasteiger charge is -2.03. The van der Waals surface area contributed by atoms with Crippen LogP contribution in [0.15, 0.2) is 41.8 Å². The molecule has 3 rings (SSSR count). The number of rotatable bonds is 7. The number of thiophene rings is 1. The van der Waals surface area contributed by atoms with Crippen LogP contribution in [-0.4, -0.2) is 10.9 Å². The molecule has 2 aromatic heterocycles. The molecule has 0 radical (unpaired) electrons. The number of hydrogen-bond donors (Lipinski definition) is 1. The van der Waals surface area contributed by atoms with Gasteiger partial charge >= 0.3 is 0 Å². The first-order chi connectivity index (χ1) is 12.1. The van der Waals surface area contributed by atoms with Crippen LogP contribution in [0.3, 0.4) is 0 Å². The average Bonchev–Trinajstić information content (AvgIpc) is 3.21. The summed E-state index contributed by atoms with van der Waals surface area (Å²) in [6.45, 7) is 0.842. The Balaban J connectivity index is 1.45. The molecular weight excluding hydrogens is 399 g/mol. The molecule has 0 unspecified atom stereocenters. The number of benzene rings is 1. The molecule has 0 saturated heterocycles. The number of hydrogen-bond acceptors (Lipinski definition) is 5. The van der Waals surface area contributed by atoms with Gasteiger partial charge in [-0.3, -0.25) is 4.79 Å². The van der Waals surface area contributed by atoms with E-state index in [1.54, 1.807) is 24.3 Å². The molecule has 1 N–H and O–H groups in total. The molecule has 2 heterocycles. The van der Waals surface area contributed by atoms with E-state index in [0.29, 0.717) is 22.5 Å². The number of nitrogens with one attached hydrogen (secondary N) is 1. The summed E-state index contributed by atoms with van der Waals surface area (Å²) in [6.07, 6.45) is 0.247. The van der Waals surface area contributed by atoms with Crippen LogP contribution < -0.4 is 10.1 Å². The number of nitrogens with zero attached hydrogens (tertiary/aromatic N) is 1. The molecule has 1 aromatic carbocycles. The van der Waals surface area contributed by atoms with E-state index in [0.717, 1.165) is 21.3 Å². The van der Waals surface area contributed by atoms with Crippen molar-refractivity contribution in [1.82, 2.24) is 10.3 Å². The monoisotopic (exact) mass is 412 g/mol. The molecule has 0 saturated carbocycles. The van der Waals surface area contributed by atoms with Gasteiger partial charge in [0.05, 0.1) is 23.0 Å². The minimum Gasteiger partial charge on any atom is -0.486 e. The molecule has 3 aromatic rings. The molecule has 0 atom stereocenters. The standard InChI is InChI=1S/C17H14Cl2N2O2S2/c18-11-1-3-13(4-2-11)23-9-17-21-12(10-24-17)7-16(22)20-8-14-5-6-15(19)25-14/h1-6,10H,7-9H2,(H,20,22). The highest BCUT2D eigenvalue weighted by Gasteiger charge is 2.09. The van der Waals surface area contributed by atoms with Crippen molar-refractivity contribution in [2.24, 2.45) is 0 Å². The van der Waals surface area contributed by atoms with Crippen LogP contribution in [-0.2, 0) is 24.4 Å². The summed E-state index contributed by atoms with van der Waals surface area (Å²) in [5.74, 6) is 0.661. The van der Waals surface area contributed by atoms with Crippen molar-refractivity contribution in [2.45, 2.75) is 19.6 Å². The third-order valence-electron chi connectivity index (χ3n) is 3.21. The molecule has 0 spiro atoms. The molecule has 0 bridgehead atoms. The molecule has 8 heteroatoms. The maximum Gasteiger partial charge on any atom is 0.226 e. The molecule has 4 nitrogen and oxygen atoms in total. The van der Waals surface area contributed by atoms with Gasteiger partial charge in [0.1, 0.15) is 17.4 Å². The van der Waals surface area contributed by atoms with Crippen LogP contribution >= 0.6 is 45.9 Å². The van der Waals surface area contributed by atoms with Crippen LogP contribution in [0.4, 0.5) is 0 Å². The largest absolute Gasteiger partial charge is 0.486 e. The van der Waals surface area contributed by atoms with Crippen molar-refractivity contribution in [3.8, 4) is 5.75 Å². The Morgan fingerprint density at radius 2 is 1.96 bits per heavy atom. The molecule has 1 amide bonds. The Kier molecular flexibility index (Phi) is 6.31. The van der Waals surface area contributed by atoms with Gasteiger partial charge in [0.25, 0.3) is 0 Å². The maximum atomic E-state index is 12.0. The highest BCUT2D eigenvalue weighted by molar-refractivity contribution is 7.16. The number of carbonyl (C=O) groups is 1. The Hall–Kier alpha value is -1.60. The van der Waals surface area contributed by atoms with Crippen molar-refractivity contribution in [2.75, 3.05) is 0 Å². The first-order valence-electron chi connectivity index (χ1n) is 7.41. The van der Waals surface area contributed by atoms with Crippen LogP contribution in [0.1, 0.15) is 15.6 Å². The number of ether oxygens (including phenoxy) is 1. The Morgan fingerprint density at radius 3 is 2.68 bits per heavy atom. The van der Waals surface area contributed by atoms with Gasteiger partial charge in [-0.25, -0.2) is 4.98 Å². The predicted octanol–water partition coefficient (Wildman–Crippen LogP) is 4.95. The summed E-state index contributed by atoms with van der Waals surface area (Å²) in [6, 6.07) is 10.9.